The normalized spacial score (nSPS) is 18.6. The summed E-state index contributed by atoms with van der Waals surface area (Å²) < 4.78 is 33.1. The van der Waals surface area contributed by atoms with Crippen LogP contribution in [0.15, 0.2) is 23.1 Å². The minimum atomic E-state index is -3.80. The van der Waals surface area contributed by atoms with Crippen LogP contribution in [0.1, 0.15) is 58.8 Å². The van der Waals surface area contributed by atoms with E-state index in [0.29, 0.717) is 38.8 Å². The van der Waals surface area contributed by atoms with E-state index in [2.05, 4.69) is 10.6 Å². The van der Waals surface area contributed by atoms with Crippen molar-refractivity contribution in [2.45, 2.75) is 69.2 Å². The fourth-order valence-electron chi connectivity index (χ4n) is 4.68. The zero-order valence-electron chi connectivity index (χ0n) is 20.1. The first-order valence-corrected chi connectivity index (χ1v) is 13.2. The van der Waals surface area contributed by atoms with E-state index < -0.39 is 40.0 Å². The van der Waals surface area contributed by atoms with Crippen LogP contribution in [0.4, 0.5) is 10.5 Å². The Morgan fingerprint density at radius 1 is 1.12 bits per heavy atom. The molecule has 188 valence electrons. The molecule has 2 aliphatic heterocycles. The number of ether oxygens (including phenoxy) is 1. The number of benzene rings is 1. The van der Waals surface area contributed by atoms with Gasteiger partial charge >= 0.3 is 6.03 Å². The van der Waals surface area contributed by atoms with Gasteiger partial charge in [0, 0.05) is 18.8 Å². The number of imide groups is 1. The van der Waals surface area contributed by atoms with Gasteiger partial charge in [0.1, 0.15) is 22.7 Å². The smallest absolute Gasteiger partial charge is 0.325 e. The molecule has 2 saturated heterocycles. The lowest BCUT2D eigenvalue weighted by molar-refractivity contribution is -0.134. The van der Waals surface area contributed by atoms with E-state index in [4.69, 9.17) is 4.74 Å². The first-order valence-electron chi connectivity index (χ1n) is 11.8. The number of piperidine rings is 1. The number of urea groups is 1. The second-order valence-electron chi connectivity index (χ2n) is 8.78. The molecule has 0 unspecified atom stereocenters. The topological polar surface area (TPSA) is 125 Å². The zero-order chi connectivity index (χ0) is 24.9. The van der Waals surface area contributed by atoms with Crippen molar-refractivity contribution in [1.29, 1.82) is 0 Å². The van der Waals surface area contributed by atoms with Crippen molar-refractivity contribution in [3.05, 3.63) is 18.2 Å². The summed E-state index contributed by atoms with van der Waals surface area (Å²) in [6, 6.07) is 3.76. The highest BCUT2D eigenvalue weighted by Crippen LogP contribution is 2.32. The Morgan fingerprint density at radius 2 is 1.76 bits per heavy atom. The van der Waals surface area contributed by atoms with Crippen LogP contribution >= 0.6 is 0 Å². The summed E-state index contributed by atoms with van der Waals surface area (Å²) in [5.74, 6) is -0.820. The van der Waals surface area contributed by atoms with Gasteiger partial charge in [0.25, 0.3) is 5.91 Å². The Labute approximate surface area is 201 Å². The third-order valence-corrected chi connectivity index (χ3v) is 8.20. The second kappa shape index (κ2) is 10.7. The summed E-state index contributed by atoms with van der Waals surface area (Å²) >= 11 is 0. The molecule has 2 aliphatic rings. The van der Waals surface area contributed by atoms with E-state index >= 15 is 0 Å². The molecule has 0 aliphatic carbocycles. The van der Waals surface area contributed by atoms with E-state index in [1.165, 1.54) is 29.6 Å². The fraction of sp³-hybridized carbons (Fsp3) is 0.609. The van der Waals surface area contributed by atoms with Crippen LogP contribution in [0.5, 0.6) is 5.75 Å². The van der Waals surface area contributed by atoms with Crippen LogP contribution < -0.4 is 15.4 Å². The molecule has 1 aromatic carbocycles. The van der Waals surface area contributed by atoms with E-state index in [1.807, 2.05) is 13.8 Å². The molecule has 2 heterocycles. The maximum Gasteiger partial charge on any atom is 0.325 e. The molecular weight excluding hydrogens is 460 g/mol. The molecule has 0 aromatic heterocycles. The van der Waals surface area contributed by atoms with Gasteiger partial charge in [0.05, 0.1) is 7.11 Å². The number of nitrogens with zero attached hydrogens (tertiary/aromatic N) is 2. The van der Waals surface area contributed by atoms with Crippen molar-refractivity contribution < 1.29 is 27.5 Å². The minimum absolute atomic E-state index is 0.0328. The van der Waals surface area contributed by atoms with E-state index in [0.717, 1.165) is 24.2 Å². The van der Waals surface area contributed by atoms with Gasteiger partial charge in [-0.25, -0.2) is 13.2 Å². The number of nitrogens with one attached hydrogen (secondary N) is 2. The number of amides is 4. The SMILES string of the molecule is CCCC1(CCC)NC(=O)N(CC(=O)Nc2ccc(OC)c(S(=O)(=O)N3CCCCC3)c2)C1=O. The monoisotopic (exact) mass is 494 g/mol. The van der Waals surface area contributed by atoms with Gasteiger partial charge in [-0.05, 0) is 43.9 Å². The number of methoxy groups -OCH3 is 1. The van der Waals surface area contributed by atoms with Gasteiger partial charge in [0.15, 0.2) is 0 Å². The highest BCUT2D eigenvalue weighted by Gasteiger charge is 2.50. The fourth-order valence-corrected chi connectivity index (χ4v) is 6.38. The average Bonchev–Trinajstić information content (AvgIpc) is 3.04. The van der Waals surface area contributed by atoms with E-state index in [1.54, 1.807) is 0 Å². The molecule has 10 nitrogen and oxygen atoms in total. The number of sulfonamides is 1. The second-order valence-corrected chi connectivity index (χ2v) is 10.7. The zero-order valence-corrected chi connectivity index (χ0v) is 20.9. The average molecular weight is 495 g/mol. The summed E-state index contributed by atoms with van der Waals surface area (Å²) in [4.78, 5) is 39.1. The van der Waals surface area contributed by atoms with Gasteiger partial charge in [-0.2, -0.15) is 4.31 Å². The first kappa shape index (κ1) is 26.0. The predicted molar refractivity (Wildman–Crippen MR) is 127 cm³/mol. The number of carbonyl (C=O) groups excluding carboxylic acids is 3. The van der Waals surface area contributed by atoms with Crippen molar-refractivity contribution in [1.82, 2.24) is 14.5 Å². The number of anilines is 1. The lowest BCUT2D eigenvalue weighted by Gasteiger charge is -2.26. The summed E-state index contributed by atoms with van der Waals surface area (Å²) in [5, 5.41) is 5.39. The summed E-state index contributed by atoms with van der Waals surface area (Å²) in [6.45, 7) is 4.29. The largest absolute Gasteiger partial charge is 0.495 e. The molecule has 11 heteroatoms. The van der Waals surface area contributed by atoms with Crippen molar-refractivity contribution in [3.63, 3.8) is 0 Å². The van der Waals surface area contributed by atoms with Crippen LogP contribution in [0, 0.1) is 0 Å². The third kappa shape index (κ3) is 5.20. The van der Waals surface area contributed by atoms with Crippen LogP contribution in [0.3, 0.4) is 0 Å². The lowest BCUT2D eigenvalue weighted by atomic mass is 9.88. The lowest BCUT2D eigenvalue weighted by Crippen LogP contribution is -2.47. The first-order chi connectivity index (χ1) is 16.2. The minimum Gasteiger partial charge on any atom is -0.495 e. The maximum absolute atomic E-state index is 13.2. The maximum atomic E-state index is 13.2. The van der Waals surface area contributed by atoms with Gasteiger partial charge < -0.3 is 15.4 Å². The number of hydrogen-bond donors (Lipinski definition) is 2. The molecule has 0 saturated carbocycles. The van der Waals surface area contributed by atoms with Crippen LogP contribution in [0.25, 0.3) is 0 Å². The van der Waals surface area contributed by atoms with Crippen molar-refractivity contribution in [3.8, 4) is 5.75 Å². The van der Waals surface area contributed by atoms with Gasteiger partial charge in [-0.3, -0.25) is 14.5 Å². The molecule has 34 heavy (non-hydrogen) atoms. The van der Waals surface area contributed by atoms with Crippen molar-refractivity contribution in [2.75, 3.05) is 32.1 Å². The van der Waals surface area contributed by atoms with Gasteiger partial charge in [-0.15, -0.1) is 0 Å². The van der Waals surface area contributed by atoms with E-state index in [-0.39, 0.29) is 16.3 Å². The van der Waals surface area contributed by atoms with Crippen molar-refractivity contribution in [2.24, 2.45) is 0 Å². The molecule has 0 atom stereocenters. The molecule has 2 fully saturated rings. The highest BCUT2D eigenvalue weighted by molar-refractivity contribution is 7.89. The molecule has 4 amide bonds. The molecule has 3 rings (SSSR count). The van der Waals surface area contributed by atoms with E-state index in [9.17, 15) is 22.8 Å². The predicted octanol–water partition coefficient (Wildman–Crippen LogP) is 2.70. The Balaban J connectivity index is 1.77. The van der Waals surface area contributed by atoms with Crippen molar-refractivity contribution >= 4 is 33.6 Å². The molecule has 0 radical (unpaired) electrons. The summed E-state index contributed by atoms with van der Waals surface area (Å²) in [5.41, 5.74) is -0.738. The number of hydrogen-bond acceptors (Lipinski definition) is 6. The van der Waals surface area contributed by atoms with Crippen LogP contribution in [0.2, 0.25) is 0 Å². The number of carbonyl (C=O) groups is 3. The van der Waals surface area contributed by atoms with Crippen LogP contribution in [-0.4, -0.2) is 67.8 Å². The molecular formula is C23H34N4O6S. The summed E-state index contributed by atoms with van der Waals surface area (Å²) in [6.07, 6.45) is 5.00. The Kier molecular flexibility index (Phi) is 8.19. The Bertz CT molecular complexity index is 1030. The number of rotatable bonds is 10. The third-order valence-electron chi connectivity index (χ3n) is 6.28. The standard InChI is InChI=1S/C23H34N4O6S/c1-4-11-23(12-5-2)21(29)27(22(30)25-23)16-20(28)24-17-9-10-18(33-3)19(15-17)34(31,32)26-13-7-6-8-14-26/h9-10,15H,4-8,11-14,16H2,1-3H3,(H,24,28)(H,25,30). The Hall–Kier alpha value is -2.66. The Morgan fingerprint density at radius 3 is 2.35 bits per heavy atom. The highest BCUT2D eigenvalue weighted by atomic mass is 32.2. The quantitative estimate of drug-likeness (QED) is 0.482. The van der Waals surface area contributed by atoms with Gasteiger partial charge in [-0.1, -0.05) is 33.1 Å². The van der Waals surface area contributed by atoms with Crippen LogP contribution in [-0.2, 0) is 19.6 Å². The van der Waals surface area contributed by atoms with Gasteiger partial charge in [0.2, 0.25) is 15.9 Å². The molecule has 0 bridgehead atoms. The molecule has 1 aromatic rings. The molecule has 0 spiro atoms. The summed E-state index contributed by atoms with van der Waals surface area (Å²) in [7, 11) is -2.41. The molecule has 2 N–H and O–H groups in total.